The SMILES string of the molecule is CCCN(CCC[N+](C)(C)CC)c1cc(C=C2Sc3ccccc3N2C)c2ccc(OC)cc2[n+]1-c1ccccc1.[Y]. The van der Waals surface area contributed by atoms with Crippen molar-refractivity contribution in [2.45, 2.75) is 31.6 Å². The molecule has 4 aromatic rings. The van der Waals surface area contributed by atoms with E-state index in [0.717, 1.165) is 60.5 Å². The Morgan fingerprint density at radius 2 is 1.69 bits per heavy atom. The van der Waals surface area contributed by atoms with Gasteiger partial charge in [-0.25, -0.2) is 0 Å². The average molecular weight is 658 g/mol. The van der Waals surface area contributed by atoms with Crippen molar-refractivity contribution in [3.05, 3.63) is 89.5 Å². The van der Waals surface area contributed by atoms with Crippen LogP contribution in [-0.2, 0) is 32.7 Å². The number of ether oxygens (including phenoxy) is 1. The molecule has 0 unspecified atom stereocenters. The summed E-state index contributed by atoms with van der Waals surface area (Å²) in [6.45, 7) is 8.85. The standard InChI is InChI=1S/C35H44N4OS.Y/c1-7-21-37(22-14-23-39(4,5)8-2)34-24-27(25-35-36(3)31-17-12-13-18-33(31)41-35)30-20-19-29(40-6)26-32(30)38(34)28-15-10-9-11-16-28;/h9-13,15-20,24-26H,7-8,14,21-23H2,1-6H3;/q+2;. The predicted molar refractivity (Wildman–Crippen MR) is 175 cm³/mol. The van der Waals surface area contributed by atoms with E-state index < -0.39 is 0 Å². The van der Waals surface area contributed by atoms with E-state index in [1.54, 1.807) is 7.11 Å². The predicted octanol–water partition coefficient (Wildman–Crippen LogP) is 7.37. The summed E-state index contributed by atoms with van der Waals surface area (Å²) in [5, 5.41) is 2.44. The van der Waals surface area contributed by atoms with Gasteiger partial charge in [0.2, 0.25) is 0 Å². The van der Waals surface area contributed by atoms with Gasteiger partial charge in [0.15, 0.2) is 0 Å². The number of methoxy groups -OCH3 is 1. The van der Waals surface area contributed by atoms with Crippen LogP contribution in [0.5, 0.6) is 5.75 Å². The number of fused-ring (bicyclic) bond motifs is 2. The van der Waals surface area contributed by atoms with Gasteiger partial charge in [-0.15, -0.1) is 0 Å². The number of para-hydroxylation sites is 2. The number of hydrogen-bond acceptors (Lipinski definition) is 4. The molecular formula is C35H44N4OSY+2. The largest absolute Gasteiger partial charge is 0.497 e. The minimum atomic E-state index is 0. The van der Waals surface area contributed by atoms with Crippen molar-refractivity contribution in [3.8, 4) is 11.4 Å². The molecule has 0 saturated heterocycles. The second kappa shape index (κ2) is 14.4. The molecular weight excluding hydrogens is 613 g/mol. The molecule has 0 N–H and O–H groups in total. The van der Waals surface area contributed by atoms with Crippen LogP contribution in [0.3, 0.4) is 0 Å². The van der Waals surface area contributed by atoms with Crippen molar-refractivity contribution < 1.29 is 46.5 Å². The topological polar surface area (TPSA) is 19.6 Å². The van der Waals surface area contributed by atoms with E-state index in [1.807, 2.05) is 11.8 Å². The first-order valence-corrected chi connectivity index (χ1v) is 15.6. The van der Waals surface area contributed by atoms with Gasteiger partial charge < -0.3 is 14.1 Å². The van der Waals surface area contributed by atoms with E-state index in [9.17, 15) is 0 Å². The molecule has 2 heterocycles. The monoisotopic (exact) mass is 657 g/mol. The van der Waals surface area contributed by atoms with Gasteiger partial charge in [0.25, 0.3) is 5.82 Å². The van der Waals surface area contributed by atoms with Crippen LogP contribution in [0.4, 0.5) is 11.5 Å². The normalized spacial score (nSPS) is 13.8. The van der Waals surface area contributed by atoms with Crippen LogP contribution in [0.15, 0.2) is 88.8 Å². The summed E-state index contributed by atoms with van der Waals surface area (Å²) >= 11 is 1.84. The fourth-order valence-corrected chi connectivity index (χ4v) is 6.61. The molecule has 0 bridgehead atoms. The van der Waals surface area contributed by atoms with E-state index in [-0.39, 0.29) is 32.7 Å². The Morgan fingerprint density at radius 1 is 0.952 bits per heavy atom. The molecule has 0 fully saturated rings. The van der Waals surface area contributed by atoms with Crippen molar-refractivity contribution >= 4 is 40.2 Å². The van der Waals surface area contributed by atoms with Gasteiger partial charge in [-0.3, -0.25) is 4.90 Å². The maximum atomic E-state index is 5.75. The van der Waals surface area contributed by atoms with Gasteiger partial charge in [-0.05, 0) is 61.4 Å². The maximum absolute atomic E-state index is 5.75. The second-order valence-corrected chi connectivity index (χ2v) is 12.5. The third kappa shape index (κ3) is 7.05. The van der Waals surface area contributed by atoms with Gasteiger partial charge in [0.1, 0.15) is 17.0 Å². The smallest absolute Gasteiger partial charge is 0.282 e. The third-order valence-corrected chi connectivity index (χ3v) is 9.37. The number of nitrogens with zero attached hydrogens (tertiary/aromatic N) is 4. The molecule has 0 spiro atoms. The van der Waals surface area contributed by atoms with Gasteiger partial charge in [0, 0.05) is 68.6 Å². The van der Waals surface area contributed by atoms with Crippen molar-refractivity contribution in [2.75, 3.05) is 64.2 Å². The van der Waals surface area contributed by atoms with Crippen LogP contribution in [0.2, 0.25) is 0 Å². The molecule has 1 aliphatic heterocycles. The van der Waals surface area contributed by atoms with Crippen molar-refractivity contribution in [1.82, 2.24) is 0 Å². The zero-order valence-electron chi connectivity index (χ0n) is 26.0. The molecule has 5 rings (SSSR count). The van der Waals surface area contributed by atoms with Crippen LogP contribution >= 0.6 is 11.8 Å². The van der Waals surface area contributed by atoms with Crippen molar-refractivity contribution in [2.24, 2.45) is 0 Å². The molecule has 42 heavy (non-hydrogen) atoms. The van der Waals surface area contributed by atoms with Gasteiger partial charge in [-0.2, -0.15) is 4.57 Å². The summed E-state index contributed by atoms with van der Waals surface area (Å²) in [5.74, 6) is 2.08. The first kappa shape index (κ1) is 32.5. The van der Waals surface area contributed by atoms with Crippen molar-refractivity contribution in [3.63, 3.8) is 0 Å². The number of anilines is 2. The third-order valence-electron chi connectivity index (χ3n) is 8.20. The van der Waals surface area contributed by atoms with Crippen LogP contribution in [0, 0.1) is 0 Å². The Kier molecular flexibility index (Phi) is 11.2. The summed E-state index contributed by atoms with van der Waals surface area (Å²) in [4.78, 5) is 6.19. The zero-order chi connectivity index (χ0) is 29.0. The Morgan fingerprint density at radius 3 is 2.38 bits per heavy atom. The molecule has 3 aromatic carbocycles. The number of pyridine rings is 1. The van der Waals surface area contributed by atoms with Crippen molar-refractivity contribution in [1.29, 1.82) is 0 Å². The van der Waals surface area contributed by atoms with Crippen LogP contribution in [0.25, 0.3) is 22.7 Å². The number of quaternary nitrogens is 1. The molecule has 1 radical (unpaired) electrons. The molecule has 0 amide bonds. The van der Waals surface area contributed by atoms with Crippen LogP contribution < -0.4 is 19.1 Å². The fraction of sp³-hybridized carbons (Fsp3) is 0.343. The minimum Gasteiger partial charge on any atom is -0.497 e. The molecule has 5 nitrogen and oxygen atoms in total. The number of thioether (sulfide) groups is 1. The van der Waals surface area contributed by atoms with Gasteiger partial charge in [0.05, 0.1) is 58.1 Å². The molecule has 1 aromatic heterocycles. The zero-order valence-corrected chi connectivity index (χ0v) is 29.7. The number of rotatable bonds is 11. The quantitative estimate of drug-likeness (QED) is 0.124. The Bertz CT molecular complexity index is 1540. The van der Waals surface area contributed by atoms with E-state index in [4.69, 9.17) is 4.74 Å². The Hall–Kier alpha value is -2.38. The molecule has 7 heteroatoms. The van der Waals surface area contributed by atoms with Crippen LogP contribution in [0.1, 0.15) is 32.3 Å². The molecule has 0 atom stereocenters. The first-order valence-electron chi connectivity index (χ1n) is 14.8. The van der Waals surface area contributed by atoms with E-state index in [2.05, 4.69) is 134 Å². The van der Waals surface area contributed by atoms with E-state index in [1.165, 1.54) is 32.4 Å². The second-order valence-electron chi connectivity index (χ2n) is 11.4. The summed E-state index contributed by atoms with van der Waals surface area (Å²) in [5.41, 5.74) is 4.78. The molecule has 217 valence electrons. The Balaban J connectivity index is 0.00000405. The maximum Gasteiger partial charge on any atom is 0.282 e. The molecule has 0 saturated carbocycles. The number of hydrogen-bond donors (Lipinski definition) is 0. The van der Waals surface area contributed by atoms with Crippen LogP contribution in [-0.4, -0.2) is 58.9 Å². The minimum absolute atomic E-state index is 0. The summed E-state index contributed by atoms with van der Waals surface area (Å²) in [6, 6.07) is 28.3. The van der Waals surface area contributed by atoms with Gasteiger partial charge >= 0.3 is 0 Å². The number of benzene rings is 3. The average Bonchev–Trinajstić information content (AvgIpc) is 3.31. The fourth-order valence-electron chi connectivity index (χ4n) is 5.51. The summed E-state index contributed by atoms with van der Waals surface area (Å²) in [6.07, 6.45) is 4.58. The van der Waals surface area contributed by atoms with E-state index in [0.29, 0.717) is 0 Å². The summed E-state index contributed by atoms with van der Waals surface area (Å²) in [7, 11) is 8.57. The Labute approximate surface area is 281 Å². The van der Waals surface area contributed by atoms with E-state index >= 15 is 0 Å². The number of aromatic nitrogens is 1. The first-order chi connectivity index (χ1) is 19.8. The molecule has 1 aliphatic rings. The van der Waals surface area contributed by atoms with Gasteiger partial charge in [-0.1, -0.05) is 49.0 Å². The molecule has 0 aliphatic carbocycles. The summed E-state index contributed by atoms with van der Waals surface area (Å²) < 4.78 is 9.21.